The molecule has 1 fully saturated rings. The van der Waals surface area contributed by atoms with Gasteiger partial charge in [-0.15, -0.1) is 0 Å². The van der Waals surface area contributed by atoms with Crippen LogP contribution in [0.2, 0.25) is 0 Å². The van der Waals surface area contributed by atoms with Gasteiger partial charge in [0.05, 0.1) is 25.9 Å². The van der Waals surface area contributed by atoms with Crippen LogP contribution in [0.3, 0.4) is 0 Å². The van der Waals surface area contributed by atoms with E-state index in [4.69, 9.17) is 31.2 Å². The average Bonchev–Trinajstić information content (AvgIpc) is 2.76. The number of esters is 1. The number of benzene rings is 2. The van der Waals surface area contributed by atoms with Crippen molar-refractivity contribution in [2.45, 2.75) is 18.7 Å². The molecule has 31 heavy (non-hydrogen) atoms. The number of methoxy groups -OCH3 is 2. The van der Waals surface area contributed by atoms with Crippen molar-refractivity contribution in [1.29, 1.82) is 0 Å². The highest BCUT2D eigenvalue weighted by atomic mass is 32.1. The molecule has 7 nitrogen and oxygen atoms in total. The molecule has 8 heteroatoms. The molecule has 0 radical (unpaired) electrons. The lowest BCUT2D eigenvalue weighted by atomic mass is 9.79. The molecule has 0 aliphatic carbocycles. The van der Waals surface area contributed by atoms with E-state index in [0.717, 1.165) is 5.56 Å². The summed E-state index contributed by atoms with van der Waals surface area (Å²) in [6, 6.07) is 12.5. The molecular formula is C23H24N2O5S. The summed E-state index contributed by atoms with van der Waals surface area (Å²) in [5.41, 5.74) is 0.240. The number of hydrogen-bond acceptors (Lipinski definition) is 6. The van der Waals surface area contributed by atoms with Crippen molar-refractivity contribution >= 4 is 29.0 Å². The van der Waals surface area contributed by atoms with Gasteiger partial charge in [0.2, 0.25) is 5.72 Å². The number of fused-ring (bicyclic) bond motifs is 4. The van der Waals surface area contributed by atoms with Crippen molar-refractivity contribution in [3.05, 3.63) is 60.7 Å². The molecule has 4 rings (SSSR count). The van der Waals surface area contributed by atoms with Gasteiger partial charge in [0, 0.05) is 5.56 Å². The van der Waals surface area contributed by atoms with Crippen molar-refractivity contribution in [3.63, 3.8) is 0 Å². The zero-order valence-corrected chi connectivity index (χ0v) is 18.4. The minimum atomic E-state index is -1.21. The summed E-state index contributed by atoms with van der Waals surface area (Å²) in [6.45, 7) is 5.56. The molecule has 2 aromatic carbocycles. The summed E-state index contributed by atoms with van der Waals surface area (Å²) in [4.78, 5) is 15.0. The van der Waals surface area contributed by atoms with Crippen LogP contribution in [-0.2, 0) is 9.53 Å². The summed E-state index contributed by atoms with van der Waals surface area (Å²) < 4.78 is 23.1. The van der Waals surface area contributed by atoms with E-state index < -0.39 is 23.7 Å². The molecule has 2 aliphatic heterocycles. The minimum absolute atomic E-state index is 0.0994. The Balaban J connectivity index is 1.92. The van der Waals surface area contributed by atoms with Crippen molar-refractivity contribution < 1.29 is 23.7 Å². The summed E-state index contributed by atoms with van der Waals surface area (Å²) in [7, 11) is 3.16. The zero-order chi connectivity index (χ0) is 22.2. The second kappa shape index (κ2) is 8.11. The lowest BCUT2D eigenvalue weighted by molar-refractivity contribution is -0.159. The van der Waals surface area contributed by atoms with Crippen LogP contribution in [0.25, 0.3) is 0 Å². The van der Waals surface area contributed by atoms with E-state index in [1.165, 1.54) is 6.08 Å². The third-order valence-electron chi connectivity index (χ3n) is 5.63. The fourth-order valence-electron chi connectivity index (χ4n) is 4.30. The Labute approximate surface area is 186 Å². The number of carbonyl (C=O) groups excluding carboxylic acids is 1. The first-order valence-electron chi connectivity index (χ1n) is 9.83. The Morgan fingerprint density at radius 3 is 2.65 bits per heavy atom. The molecule has 3 atom stereocenters. The topological polar surface area (TPSA) is 69.3 Å². The molecule has 0 unspecified atom stereocenters. The molecule has 2 aliphatic rings. The number of anilines is 1. The van der Waals surface area contributed by atoms with Gasteiger partial charge in [0.1, 0.15) is 18.3 Å². The summed E-state index contributed by atoms with van der Waals surface area (Å²) in [6.07, 6.45) is 1.53. The molecule has 1 saturated heterocycles. The Kier molecular flexibility index (Phi) is 5.49. The van der Waals surface area contributed by atoms with E-state index in [1.807, 2.05) is 49.4 Å². The molecule has 0 spiro atoms. The van der Waals surface area contributed by atoms with E-state index in [0.29, 0.717) is 28.0 Å². The minimum Gasteiger partial charge on any atom is -0.495 e. The van der Waals surface area contributed by atoms with Crippen LogP contribution < -0.4 is 24.4 Å². The third kappa shape index (κ3) is 3.27. The Hall–Kier alpha value is -3.26. The largest absolute Gasteiger partial charge is 0.495 e. The number of hydrogen-bond donors (Lipinski definition) is 1. The van der Waals surface area contributed by atoms with Crippen LogP contribution in [-0.4, -0.2) is 37.6 Å². The number of carbonyl (C=O) groups is 1. The van der Waals surface area contributed by atoms with Gasteiger partial charge in [-0.2, -0.15) is 0 Å². The Morgan fingerprint density at radius 2 is 1.94 bits per heavy atom. The number of ether oxygens (including phenoxy) is 4. The first-order valence-corrected chi connectivity index (χ1v) is 10.2. The zero-order valence-electron chi connectivity index (χ0n) is 17.6. The normalized spacial score (nSPS) is 23.7. The predicted molar refractivity (Wildman–Crippen MR) is 121 cm³/mol. The molecule has 0 amide bonds. The van der Waals surface area contributed by atoms with Crippen molar-refractivity contribution in [2.75, 3.05) is 25.7 Å². The van der Waals surface area contributed by atoms with Gasteiger partial charge in [0.25, 0.3) is 0 Å². The van der Waals surface area contributed by atoms with Gasteiger partial charge in [0.15, 0.2) is 16.6 Å². The highest BCUT2D eigenvalue weighted by Gasteiger charge is 2.60. The van der Waals surface area contributed by atoms with E-state index in [-0.39, 0.29) is 6.61 Å². The molecule has 1 N–H and O–H groups in total. The maximum Gasteiger partial charge on any atom is 0.317 e. The molecule has 2 bridgehead atoms. The van der Waals surface area contributed by atoms with Crippen LogP contribution in [0.4, 0.5) is 5.69 Å². The third-order valence-corrected chi connectivity index (χ3v) is 5.93. The number of nitrogens with one attached hydrogen (secondary N) is 1. The van der Waals surface area contributed by atoms with Crippen molar-refractivity contribution in [1.82, 2.24) is 5.32 Å². The number of nitrogens with zero attached hydrogens (tertiary/aromatic N) is 1. The fourth-order valence-corrected chi connectivity index (χ4v) is 4.71. The van der Waals surface area contributed by atoms with E-state index in [2.05, 4.69) is 11.9 Å². The van der Waals surface area contributed by atoms with E-state index in [1.54, 1.807) is 19.1 Å². The molecular weight excluding hydrogens is 416 g/mol. The molecule has 0 saturated carbocycles. The highest BCUT2D eigenvalue weighted by molar-refractivity contribution is 7.80. The summed E-state index contributed by atoms with van der Waals surface area (Å²) >= 11 is 5.74. The van der Waals surface area contributed by atoms with Gasteiger partial charge in [-0.3, -0.25) is 9.69 Å². The molecule has 2 heterocycles. The standard InChI is InChI=1S/C23H24N2O5S/c1-5-13-29-21(26)18-19-14-9-8-12-17(28-4)20(14)30-23(18,2)25(22(31)24-19)15-10-6-7-11-16(15)27-3/h5-12,18-19H,1,13H2,2-4H3,(H,24,31)/t18-,19-,23+/m1/s1. The lowest BCUT2D eigenvalue weighted by Crippen LogP contribution is -2.71. The predicted octanol–water partition coefficient (Wildman–Crippen LogP) is 3.59. The second-order valence-corrected chi connectivity index (χ2v) is 7.75. The maximum atomic E-state index is 13.3. The maximum absolute atomic E-state index is 13.3. The fraction of sp³-hybridized carbons (Fsp3) is 0.304. The first-order chi connectivity index (χ1) is 15.0. The van der Waals surface area contributed by atoms with Crippen LogP contribution in [0, 0.1) is 5.92 Å². The number of rotatable bonds is 6. The van der Waals surface area contributed by atoms with E-state index in [9.17, 15) is 4.79 Å². The second-order valence-electron chi connectivity index (χ2n) is 7.37. The van der Waals surface area contributed by atoms with Crippen LogP contribution in [0.15, 0.2) is 55.1 Å². The quantitative estimate of drug-likeness (QED) is 0.415. The van der Waals surface area contributed by atoms with Crippen molar-refractivity contribution in [2.24, 2.45) is 5.92 Å². The summed E-state index contributed by atoms with van der Waals surface area (Å²) in [5.74, 6) is 0.569. The monoisotopic (exact) mass is 440 g/mol. The van der Waals surface area contributed by atoms with Gasteiger partial charge < -0.3 is 24.3 Å². The van der Waals surface area contributed by atoms with Gasteiger partial charge in [-0.1, -0.05) is 36.9 Å². The lowest BCUT2D eigenvalue weighted by Gasteiger charge is -2.55. The van der Waals surface area contributed by atoms with Crippen LogP contribution in [0.1, 0.15) is 18.5 Å². The molecule has 2 aromatic rings. The first kappa shape index (κ1) is 21.0. The van der Waals surface area contributed by atoms with Gasteiger partial charge in [-0.25, -0.2) is 0 Å². The average molecular weight is 441 g/mol. The SMILES string of the molecule is C=CCOC(=O)[C@H]1[C@@H]2NC(=S)N(c3ccccc3OC)[C@@]1(C)Oc1c(OC)cccc12. The highest BCUT2D eigenvalue weighted by Crippen LogP contribution is 2.53. The van der Waals surface area contributed by atoms with Crippen molar-refractivity contribution in [3.8, 4) is 17.2 Å². The molecule has 0 aromatic heterocycles. The number of para-hydroxylation sites is 3. The summed E-state index contributed by atoms with van der Waals surface area (Å²) in [5, 5.41) is 3.74. The van der Waals surface area contributed by atoms with Crippen LogP contribution >= 0.6 is 12.2 Å². The van der Waals surface area contributed by atoms with Gasteiger partial charge in [-0.05, 0) is 37.3 Å². The number of thiocarbonyl (C=S) groups is 1. The Bertz CT molecular complexity index is 1040. The van der Waals surface area contributed by atoms with Crippen LogP contribution in [0.5, 0.6) is 17.2 Å². The Morgan fingerprint density at radius 1 is 1.23 bits per heavy atom. The smallest absolute Gasteiger partial charge is 0.317 e. The molecule has 162 valence electrons. The van der Waals surface area contributed by atoms with E-state index >= 15 is 0 Å². The van der Waals surface area contributed by atoms with Gasteiger partial charge >= 0.3 is 5.97 Å².